The van der Waals surface area contributed by atoms with Crippen molar-refractivity contribution in [2.75, 3.05) is 30.8 Å². The Bertz CT molecular complexity index is 1190. The van der Waals surface area contributed by atoms with Crippen LogP contribution in [0.4, 0.5) is 21.6 Å². The second-order valence-electron chi connectivity index (χ2n) is 7.65. The lowest BCUT2D eigenvalue weighted by molar-refractivity contribution is -0.136. The molecular formula is C25H25FN4O4. The molecule has 0 bridgehead atoms. The standard InChI is InChI=1S/C25H25FN4O4/c1-16-8-6-9-17(2)23(16)29-21(31)14-30(3)22(32)15-34-25(33)18-10-7-13-27-24(18)28-20-12-5-4-11-19(20)26/h4-13H,14-15H2,1-3H3,(H,27,28)(H,29,31). The highest BCUT2D eigenvalue weighted by atomic mass is 19.1. The summed E-state index contributed by atoms with van der Waals surface area (Å²) in [5, 5.41) is 5.56. The van der Waals surface area contributed by atoms with Gasteiger partial charge in [-0.3, -0.25) is 9.59 Å². The molecule has 0 spiro atoms. The van der Waals surface area contributed by atoms with E-state index in [2.05, 4.69) is 15.6 Å². The minimum atomic E-state index is -0.811. The molecule has 1 heterocycles. The number of para-hydroxylation sites is 2. The summed E-state index contributed by atoms with van der Waals surface area (Å²) in [5.41, 5.74) is 2.70. The van der Waals surface area contributed by atoms with Crippen LogP contribution < -0.4 is 10.6 Å². The second-order valence-corrected chi connectivity index (χ2v) is 7.65. The average molecular weight is 464 g/mol. The average Bonchev–Trinajstić information content (AvgIpc) is 2.81. The third-order valence-corrected chi connectivity index (χ3v) is 5.03. The summed E-state index contributed by atoms with van der Waals surface area (Å²) in [4.78, 5) is 42.6. The predicted octanol–water partition coefficient (Wildman–Crippen LogP) is 3.84. The molecule has 0 fully saturated rings. The summed E-state index contributed by atoms with van der Waals surface area (Å²) in [5.74, 6) is -2.16. The van der Waals surface area contributed by atoms with Crippen molar-refractivity contribution in [2.24, 2.45) is 0 Å². The second kappa shape index (κ2) is 11.0. The maximum absolute atomic E-state index is 13.9. The van der Waals surface area contributed by atoms with Gasteiger partial charge in [0.15, 0.2) is 6.61 Å². The molecule has 0 aliphatic rings. The number of pyridine rings is 1. The van der Waals surface area contributed by atoms with E-state index in [1.54, 1.807) is 12.1 Å². The van der Waals surface area contributed by atoms with Crippen molar-refractivity contribution < 1.29 is 23.5 Å². The number of amides is 2. The lowest BCUT2D eigenvalue weighted by Crippen LogP contribution is -2.37. The molecule has 0 radical (unpaired) electrons. The fourth-order valence-electron chi connectivity index (χ4n) is 3.17. The third-order valence-electron chi connectivity index (χ3n) is 5.03. The van der Waals surface area contributed by atoms with Gasteiger partial charge in [0.2, 0.25) is 5.91 Å². The Morgan fingerprint density at radius 2 is 1.71 bits per heavy atom. The van der Waals surface area contributed by atoms with E-state index >= 15 is 0 Å². The van der Waals surface area contributed by atoms with Crippen molar-refractivity contribution in [3.05, 3.63) is 83.3 Å². The van der Waals surface area contributed by atoms with E-state index in [1.807, 2.05) is 32.0 Å². The summed E-state index contributed by atoms with van der Waals surface area (Å²) in [7, 11) is 1.44. The normalized spacial score (nSPS) is 10.4. The number of hydrogen-bond donors (Lipinski definition) is 2. The Morgan fingerprint density at radius 1 is 1.00 bits per heavy atom. The Labute approximate surface area is 196 Å². The van der Waals surface area contributed by atoms with Crippen LogP contribution in [-0.4, -0.2) is 47.9 Å². The van der Waals surface area contributed by atoms with E-state index in [1.165, 1.54) is 37.5 Å². The molecule has 9 heteroatoms. The van der Waals surface area contributed by atoms with Crippen molar-refractivity contribution in [2.45, 2.75) is 13.8 Å². The molecule has 34 heavy (non-hydrogen) atoms. The molecule has 0 aliphatic carbocycles. The van der Waals surface area contributed by atoms with Crippen molar-refractivity contribution in [3.8, 4) is 0 Å². The van der Waals surface area contributed by atoms with E-state index in [4.69, 9.17) is 4.74 Å². The number of halogens is 1. The Kier molecular flexibility index (Phi) is 7.92. The molecule has 2 aromatic carbocycles. The predicted molar refractivity (Wildman–Crippen MR) is 126 cm³/mol. The number of carbonyl (C=O) groups is 3. The molecule has 3 aromatic rings. The van der Waals surface area contributed by atoms with E-state index in [0.29, 0.717) is 5.69 Å². The first-order valence-corrected chi connectivity index (χ1v) is 10.5. The minimum absolute atomic E-state index is 0.0361. The maximum Gasteiger partial charge on any atom is 0.342 e. The fraction of sp³-hybridized carbons (Fsp3) is 0.200. The molecule has 1 aromatic heterocycles. The third kappa shape index (κ3) is 6.16. The van der Waals surface area contributed by atoms with E-state index in [-0.39, 0.29) is 29.5 Å². The van der Waals surface area contributed by atoms with Gasteiger partial charge in [0.05, 0.1) is 12.2 Å². The number of hydrogen-bond acceptors (Lipinski definition) is 6. The number of esters is 1. The van der Waals surface area contributed by atoms with Crippen LogP contribution in [0.25, 0.3) is 0 Å². The van der Waals surface area contributed by atoms with Crippen molar-refractivity contribution >= 4 is 35.0 Å². The van der Waals surface area contributed by atoms with Crippen molar-refractivity contribution in [3.63, 3.8) is 0 Å². The molecule has 176 valence electrons. The number of carbonyl (C=O) groups excluding carboxylic acids is 3. The summed E-state index contributed by atoms with van der Waals surface area (Å²) in [6.45, 7) is 2.98. The number of rotatable bonds is 8. The number of likely N-dealkylation sites (N-methyl/N-ethyl adjacent to an activating group) is 1. The summed E-state index contributed by atoms with van der Waals surface area (Å²) >= 11 is 0. The van der Waals surface area contributed by atoms with Crippen LogP contribution in [0.15, 0.2) is 60.8 Å². The summed E-state index contributed by atoms with van der Waals surface area (Å²) in [6, 6.07) is 14.6. The molecular weight excluding hydrogens is 439 g/mol. The van der Waals surface area contributed by atoms with Gasteiger partial charge in [-0.25, -0.2) is 14.2 Å². The fourth-order valence-corrected chi connectivity index (χ4v) is 3.17. The van der Waals surface area contributed by atoms with Crippen LogP contribution >= 0.6 is 0 Å². The van der Waals surface area contributed by atoms with Crippen molar-refractivity contribution in [1.29, 1.82) is 0 Å². The zero-order valence-corrected chi connectivity index (χ0v) is 19.1. The Morgan fingerprint density at radius 3 is 2.41 bits per heavy atom. The first kappa shape index (κ1) is 24.4. The Hall–Kier alpha value is -4.27. The van der Waals surface area contributed by atoms with Gasteiger partial charge in [0, 0.05) is 18.9 Å². The van der Waals surface area contributed by atoms with Gasteiger partial charge in [-0.1, -0.05) is 30.3 Å². The molecule has 3 rings (SSSR count). The van der Waals surface area contributed by atoms with Gasteiger partial charge >= 0.3 is 5.97 Å². The molecule has 0 unspecified atom stereocenters. The SMILES string of the molecule is Cc1cccc(C)c1NC(=O)CN(C)C(=O)COC(=O)c1cccnc1Nc1ccccc1F. The van der Waals surface area contributed by atoms with E-state index < -0.39 is 24.3 Å². The van der Waals surface area contributed by atoms with E-state index in [9.17, 15) is 18.8 Å². The highest BCUT2D eigenvalue weighted by Gasteiger charge is 2.19. The molecule has 2 amide bonds. The Balaban J connectivity index is 1.57. The topological polar surface area (TPSA) is 101 Å². The molecule has 0 saturated heterocycles. The number of nitrogens with zero attached hydrogens (tertiary/aromatic N) is 2. The number of benzene rings is 2. The zero-order chi connectivity index (χ0) is 24.7. The summed E-state index contributed by atoms with van der Waals surface area (Å²) in [6.07, 6.45) is 1.44. The first-order chi connectivity index (χ1) is 16.3. The molecule has 8 nitrogen and oxygen atoms in total. The summed E-state index contributed by atoms with van der Waals surface area (Å²) < 4.78 is 19.1. The van der Waals surface area contributed by atoms with Gasteiger partial charge in [-0.15, -0.1) is 0 Å². The van der Waals surface area contributed by atoms with Gasteiger partial charge in [-0.2, -0.15) is 0 Å². The number of nitrogens with one attached hydrogen (secondary N) is 2. The minimum Gasteiger partial charge on any atom is -0.452 e. The number of aryl methyl sites for hydroxylation is 2. The number of aromatic nitrogens is 1. The highest BCUT2D eigenvalue weighted by molar-refractivity contribution is 5.98. The monoisotopic (exact) mass is 464 g/mol. The smallest absolute Gasteiger partial charge is 0.342 e. The molecule has 0 saturated carbocycles. The number of ether oxygens (including phenoxy) is 1. The van der Waals surface area contributed by atoms with Crippen molar-refractivity contribution in [1.82, 2.24) is 9.88 Å². The van der Waals surface area contributed by atoms with Gasteiger partial charge in [0.25, 0.3) is 5.91 Å². The molecule has 0 atom stereocenters. The first-order valence-electron chi connectivity index (χ1n) is 10.5. The maximum atomic E-state index is 13.9. The van der Waals surface area contributed by atoms with Crippen LogP contribution in [0.3, 0.4) is 0 Å². The van der Waals surface area contributed by atoms with Crippen LogP contribution in [-0.2, 0) is 14.3 Å². The zero-order valence-electron chi connectivity index (χ0n) is 19.1. The van der Waals surface area contributed by atoms with Gasteiger partial charge in [-0.05, 0) is 49.2 Å². The van der Waals surface area contributed by atoms with Gasteiger partial charge < -0.3 is 20.3 Å². The van der Waals surface area contributed by atoms with Gasteiger partial charge in [0.1, 0.15) is 17.2 Å². The van der Waals surface area contributed by atoms with E-state index in [0.717, 1.165) is 16.0 Å². The molecule has 2 N–H and O–H groups in total. The van der Waals surface area contributed by atoms with Crippen LogP contribution in [0.1, 0.15) is 21.5 Å². The largest absolute Gasteiger partial charge is 0.452 e. The molecule has 0 aliphatic heterocycles. The van der Waals surface area contributed by atoms with Crippen LogP contribution in [0.5, 0.6) is 0 Å². The number of anilines is 3. The lowest BCUT2D eigenvalue weighted by atomic mass is 10.1. The van der Waals surface area contributed by atoms with Crippen LogP contribution in [0.2, 0.25) is 0 Å². The highest BCUT2D eigenvalue weighted by Crippen LogP contribution is 2.22. The lowest BCUT2D eigenvalue weighted by Gasteiger charge is -2.18. The quantitative estimate of drug-likeness (QED) is 0.492. The van der Waals surface area contributed by atoms with Crippen LogP contribution in [0, 0.1) is 19.7 Å².